The van der Waals surface area contributed by atoms with Gasteiger partial charge in [0, 0.05) is 30.7 Å². The van der Waals surface area contributed by atoms with Crippen molar-refractivity contribution in [1.29, 1.82) is 0 Å². The van der Waals surface area contributed by atoms with E-state index in [-0.39, 0.29) is 11.9 Å². The summed E-state index contributed by atoms with van der Waals surface area (Å²) in [5.74, 6) is 0.277. The van der Waals surface area contributed by atoms with Crippen LogP contribution in [0, 0.1) is 5.82 Å². The van der Waals surface area contributed by atoms with Crippen LogP contribution in [0.15, 0.2) is 42.9 Å². The number of benzene rings is 1. The highest BCUT2D eigenvalue weighted by atomic mass is 19.1. The van der Waals surface area contributed by atoms with E-state index < -0.39 is 0 Å². The fourth-order valence-electron chi connectivity index (χ4n) is 3.21. The Morgan fingerprint density at radius 2 is 2.00 bits per heavy atom. The molecule has 0 bridgehead atoms. The van der Waals surface area contributed by atoms with E-state index >= 15 is 0 Å². The van der Waals surface area contributed by atoms with E-state index in [1.807, 2.05) is 12.1 Å². The van der Waals surface area contributed by atoms with Crippen LogP contribution >= 0.6 is 0 Å². The molecule has 0 saturated heterocycles. The monoisotopic (exact) mass is 285 g/mol. The molecule has 4 heteroatoms. The molecule has 110 valence electrons. The first kappa shape index (κ1) is 14.1. The Kier molecular flexibility index (Phi) is 4.25. The summed E-state index contributed by atoms with van der Waals surface area (Å²) in [7, 11) is 0. The van der Waals surface area contributed by atoms with Gasteiger partial charge in [-0.3, -0.25) is 9.97 Å². The molecule has 21 heavy (non-hydrogen) atoms. The van der Waals surface area contributed by atoms with Crippen LogP contribution in [0.3, 0.4) is 0 Å². The van der Waals surface area contributed by atoms with Gasteiger partial charge < -0.3 is 5.32 Å². The van der Waals surface area contributed by atoms with Crippen LogP contribution in [0.4, 0.5) is 4.39 Å². The van der Waals surface area contributed by atoms with Gasteiger partial charge in [0.25, 0.3) is 0 Å². The standard InChI is InChI=1S/C17H20FN3/c1-12(17-11-19-9-10-20-17)21-16-4-2-3-15(16)13-5-7-14(18)8-6-13/h5-12,15-16,21H,2-4H2,1H3/t12-,15-,16-/m0/s1. The average Bonchev–Trinajstić information content (AvgIpc) is 2.97. The van der Waals surface area contributed by atoms with E-state index in [1.165, 1.54) is 12.0 Å². The van der Waals surface area contributed by atoms with E-state index in [9.17, 15) is 4.39 Å². The topological polar surface area (TPSA) is 37.8 Å². The number of nitrogens with zero attached hydrogens (tertiary/aromatic N) is 2. The molecule has 3 rings (SSSR count). The molecular formula is C17H20FN3. The zero-order valence-electron chi connectivity index (χ0n) is 12.2. The zero-order chi connectivity index (χ0) is 14.7. The van der Waals surface area contributed by atoms with Gasteiger partial charge >= 0.3 is 0 Å². The van der Waals surface area contributed by atoms with Crippen molar-refractivity contribution in [3.8, 4) is 0 Å². The molecule has 1 N–H and O–H groups in total. The molecule has 0 spiro atoms. The predicted molar refractivity (Wildman–Crippen MR) is 80.4 cm³/mol. The minimum Gasteiger partial charge on any atom is -0.305 e. The van der Waals surface area contributed by atoms with Gasteiger partial charge in [-0.25, -0.2) is 4.39 Å². The molecule has 1 aliphatic carbocycles. The van der Waals surface area contributed by atoms with Crippen molar-refractivity contribution in [2.24, 2.45) is 0 Å². The van der Waals surface area contributed by atoms with Crippen molar-refractivity contribution in [2.45, 2.75) is 44.2 Å². The maximum atomic E-state index is 13.1. The summed E-state index contributed by atoms with van der Waals surface area (Å²) in [6, 6.07) is 7.50. The maximum Gasteiger partial charge on any atom is 0.123 e. The summed E-state index contributed by atoms with van der Waals surface area (Å²) in [5.41, 5.74) is 2.18. The van der Waals surface area contributed by atoms with Crippen molar-refractivity contribution < 1.29 is 4.39 Å². The minimum absolute atomic E-state index is 0.171. The first-order valence-electron chi connectivity index (χ1n) is 7.51. The summed E-state index contributed by atoms with van der Waals surface area (Å²) >= 11 is 0. The van der Waals surface area contributed by atoms with Crippen LogP contribution in [-0.2, 0) is 0 Å². The summed E-state index contributed by atoms with van der Waals surface area (Å²) in [5, 5.41) is 3.66. The number of hydrogen-bond donors (Lipinski definition) is 1. The van der Waals surface area contributed by atoms with Crippen LogP contribution in [0.5, 0.6) is 0 Å². The lowest BCUT2D eigenvalue weighted by Gasteiger charge is -2.25. The normalized spacial score (nSPS) is 23.1. The van der Waals surface area contributed by atoms with Gasteiger partial charge in [-0.05, 0) is 43.4 Å². The third-order valence-electron chi connectivity index (χ3n) is 4.30. The van der Waals surface area contributed by atoms with E-state index in [2.05, 4.69) is 22.2 Å². The van der Waals surface area contributed by atoms with Gasteiger partial charge in [0.2, 0.25) is 0 Å². The van der Waals surface area contributed by atoms with Crippen molar-refractivity contribution in [1.82, 2.24) is 15.3 Å². The van der Waals surface area contributed by atoms with Crippen molar-refractivity contribution >= 4 is 0 Å². The lowest BCUT2D eigenvalue weighted by Crippen LogP contribution is -2.33. The summed E-state index contributed by atoms with van der Waals surface area (Å²) in [6.07, 6.45) is 8.71. The Hall–Kier alpha value is -1.81. The molecule has 3 atom stereocenters. The molecule has 1 aromatic carbocycles. The number of hydrogen-bond acceptors (Lipinski definition) is 3. The molecule has 1 heterocycles. The van der Waals surface area contributed by atoms with Crippen LogP contribution in [0.2, 0.25) is 0 Å². The van der Waals surface area contributed by atoms with Crippen LogP contribution in [0.1, 0.15) is 49.4 Å². The molecule has 1 aromatic heterocycles. The molecule has 3 nitrogen and oxygen atoms in total. The second-order valence-corrected chi connectivity index (χ2v) is 5.71. The van der Waals surface area contributed by atoms with E-state index in [0.717, 1.165) is 18.5 Å². The molecule has 1 fully saturated rings. The maximum absolute atomic E-state index is 13.1. The van der Waals surface area contributed by atoms with Crippen molar-refractivity contribution in [3.05, 3.63) is 59.9 Å². The summed E-state index contributed by atoms with van der Waals surface area (Å²) in [6.45, 7) is 2.12. The van der Waals surface area contributed by atoms with Crippen molar-refractivity contribution in [2.75, 3.05) is 0 Å². The van der Waals surface area contributed by atoms with Crippen LogP contribution in [-0.4, -0.2) is 16.0 Å². The fourth-order valence-corrected chi connectivity index (χ4v) is 3.21. The minimum atomic E-state index is -0.172. The molecular weight excluding hydrogens is 265 g/mol. The van der Waals surface area contributed by atoms with Gasteiger partial charge in [-0.15, -0.1) is 0 Å². The first-order chi connectivity index (χ1) is 10.2. The molecule has 0 aliphatic heterocycles. The SMILES string of the molecule is C[C@H](N[C@H]1CCC[C@H]1c1ccc(F)cc1)c1cnccn1. The third kappa shape index (κ3) is 3.27. The van der Waals surface area contributed by atoms with E-state index in [0.29, 0.717) is 12.0 Å². The fraction of sp³-hybridized carbons (Fsp3) is 0.412. The van der Waals surface area contributed by atoms with Gasteiger partial charge in [0.05, 0.1) is 5.69 Å². The second kappa shape index (κ2) is 6.31. The number of halogens is 1. The van der Waals surface area contributed by atoms with Gasteiger partial charge in [0.15, 0.2) is 0 Å². The quantitative estimate of drug-likeness (QED) is 0.932. The lowest BCUT2D eigenvalue weighted by molar-refractivity contribution is 0.422. The van der Waals surface area contributed by atoms with Crippen LogP contribution < -0.4 is 5.32 Å². The Balaban J connectivity index is 1.71. The predicted octanol–water partition coefficient (Wildman–Crippen LogP) is 3.60. The smallest absolute Gasteiger partial charge is 0.123 e. The largest absolute Gasteiger partial charge is 0.305 e. The molecule has 2 aromatic rings. The van der Waals surface area contributed by atoms with E-state index in [4.69, 9.17) is 0 Å². The molecule has 0 unspecified atom stereocenters. The molecule has 0 radical (unpaired) electrons. The highest BCUT2D eigenvalue weighted by Crippen LogP contribution is 2.35. The number of aromatic nitrogens is 2. The third-order valence-corrected chi connectivity index (χ3v) is 4.30. The van der Waals surface area contributed by atoms with Gasteiger partial charge in [0.1, 0.15) is 5.82 Å². The average molecular weight is 285 g/mol. The van der Waals surface area contributed by atoms with Gasteiger partial charge in [-0.2, -0.15) is 0 Å². The Labute approximate surface area is 124 Å². The summed E-state index contributed by atoms with van der Waals surface area (Å²) < 4.78 is 13.1. The first-order valence-corrected chi connectivity index (χ1v) is 7.51. The van der Waals surface area contributed by atoms with Gasteiger partial charge in [-0.1, -0.05) is 18.6 Å². The molecule has 0 amide bonds. The number of nitrogens with one attached hydrogen (secondary N) is 1. The van der Waals surface area contributed by atoms with Crippen LogP contribution in [0.25, 0.3) is 0 Å². The lowest BCUT2D eigenvalue weighted by atomic mass is 9.93. The highest BCUT2D eigenvalue weighted by molar-refractivity contribution is 5.23. The highest BCUT2D eigenvalue weighted by Gasteiger charge is 2.29. The Morgan fingerprint density at radius 1 is 1.19 bits per heavy atom. The Bertz CT molecular complexity index is 570. The number of rotatable bonds is 4. The molecule has 1 aliphatic rings. The summed E-state index contributed by atoms with van der Waals surface area (Å²) in [4.78, 5) is 8.48. The van der Waals surface area contributed by atoms with E-state index in [1.54, 1.807) is 30.7 Å². The second-order valence-electron chi connectivity index (χ2n) is 5.71. The Morgan fingerprint density at radius 3 is 2.71 bits per heavy atom. The molecule has 1 saturated carbocycles. The zero-order valence-corrected chi connectivity index (χ0v) is 12.2. The van der Waals surface area contributed by atoms with Crippen molar-refractivity contribution in [3.63, 3.8) is 0 Å².